The van der Waals surface area contributed by atoms with Crippen molar-refractivity contribution in [3.8, 4) is 5.75 Å². The minimum atomic E-state index is -0.641. The van der Waals surface area contributed by atoms with Gasteiger partial charge in [0.2, 0.25) is 5.91 Å². The Morgan fingerprint density at radius 3 is 2.32 bits per heavy atom. The standard InChI is InChI=1S/C31H46ClN5O4/c1-8-37-26(20-25(33-37)21(2)3)30(39)36-16-10-9-15-34(6)31(40)28(22(4)5)35(7)29(38)24-19-23(32)13-14-27(24)41-18-12-11-17-36/h13-14,19-22,28H,8-12,15-18H2,1-7H3/t28-/m0/s1. The Kier molecular flexibility index (Phi) is 11.6. The number of hydrogen-bond acceptors (Lipinski definition) is 5. The van der Waals surface area contributed by atoms with E-state index in [1.165, 1.54) is 4.90 Å². The van der Waals surface area contributed by atoms with Crippen LogP contribution in [0.25, 0.3) is 0 Å². The predicted molar refractivity (Wildman–Crippen MR) is 162 cm³/mol. The van der Waals surface area contributed by atoms with Gasteiger partial charge >= 0.3 is 0 Å². The molecule has 0 N–H and O–H groups in total. The lowest BCUT2D eigenvalue weighted by Gasteiger charge is -2.33. The molecular formula is C31H46ClN5O4. The summed E-state index contributed by atoms with van der Waals surface area (Å²) in [6.07, 6.45) is 2.94. The molecule has 1 aromatic carbocycles. The Bertz CT molecular complexity index is 1210. The molecule has 0 radical (unpaired) electrons. The van der Waals surface area contributed by atoms with Gasteiger partial charge in [0.1, 0.15) is 17.5 Å². The molecule has 0 fully saturated rings. The van der Waals surface area contributed by atoms with Gasteiger partial charge in [-0.2, -0.15) is 5.10 Å². The highest BCUT2D eigenvalue weighted by molar-refractivity contribution is 6.31. The summed E-state index contributed by atoms with van der Waals surface area (Å²) in [6.45, 7) is 12.7. The fourth-order valence-corrected chi connectivity index (χ4v) is 5.37. The van der Waals surface area contributed by atoms with E-state index in [0.29, 0.717) is 61.2 Å². The van der Waals surface area contributed by atoms with Gasteiger partial charge in [0, 0.05) is 45.3 Å². The lowest BCUT2D eigenvalue weighted by molar-refractivity contribution is -0.136. The molecule has 1 aromatic heterocycles. The molecule has 41 heavy (non-hydrogen) atoms. The first-order valence-electron chi connectivity index (χ1n) is 14.8. The van der Waals surface area contributed by atoms with Crippen LogP contribution in [0.5, 0.6) is 5.75 Å². The summed E-state index contributed by atoms with van der Waals surface area (Å²) in [5, 5.41) is 5.06. The number of aromatic nitrogens is 2. The number of aryl methyl sites for hydroxylation is 1. The third-order valence-corrected chi connectivity index (χ3v) is 7.85. The zero-order valence-electron chi connectivity index (χ0n) is 25.7. The summed E-state index contributed by atoms with van der Waals surface area (Å²) in [7, 11) is 3.43. The molecule has 226 valence electrons. The SMILES string of the molecule is CCn1nc(C(C)C)cc1C(=O)N1CCCCOc2ccc(Cl)cc2C(=O)N(C)[C@@H](C(C)C)C(=O)N(C)CCCC1. The van der Waals surface area contributed by atoms with Gasteiger partial charge in [-0.05, 0) is 68.7 Å². The van der Waals surface area contributed by atoms with Crippen molar-refractivity contribution in [2.45, 2.75) is 78.8 Å². The van der Waals surface area contributed by atoms with E-state index < -0.39 is 6.04 Å². The van der Waals surface area contributed by atoms with Gasteiger partial charge in [0.15, 0.2) is 0 Å². The van der Waals surface area contributed by atoms with E-state index in [4.69, 9.17) is 16.3 Å². The number of amides is 3. The van der Waals surface area contributed by atoms with Crippen LogP contribution in [0.3, 0.4) is 0 Å². The number of rotatable bonds is 4. The van der Waals surface area contributed by atoms with Crippen molar-refractivity contribution in [3.05, 3.63) is 46.2 Å². The number of benzene rings is 1. The molecule has 1 atom stereocenters. The van der Waals surface area contributed by atoms with Gasteiger partial charge in [-0.3, -0.25) is 19.1 Å². The highest BCUT2D eigenvalue weighted by atomic mass is 35.5. The van der Waals surface area contributed by atoms with Crippen LogP contribution in [0.4, 0.5) is 0 Å². The minimum Gasteiger partial charge on any atom is -0.493 e. The van der Waals surface area contributed by atoms with E-state index in [1.54, 1.807) is 41.9 Å². The first-order chi connectivity index (χ1) is 19.5. The molecule has 0 unspecified atom stereocenters. The fourth-order valence-electron chi connectivity index (χ4n) is 5.19. The van der Waals surface area contributed by atoms with Crippen LogP contribution in [0.15, 0.2) is 24.3 Å². The summed E-state index contributed by atoms with van der Waals surface area (Å²) in [5.41, 5.74) is 1.85. The number of fused-ring (bicyclic) bond motifs is 1. The van der Waals surface area contributed by atoms with Gasteiger partial charge in [0.25, 0.3) is 11.8 Å². The molecule has 3 amide bonds. The van der Waals surface area contributed by atoms with Crippen molar-refractivity contribution in [3.63, 3.8) is 0 Å². The number of carbonyl (C=O) groups is 3. The van der Waals surface area contributed by atoms with Crippen LogP contribution < -0.4 is 4.74 Å². The second-order valence-corrected chi connectivity index (χ2v) is 11.9. The van der Waals surface area contributed by atoms with Crippen LogP contribution >= 0.6 is 11.6 Å². The third-order valence-electron chi connectivity index (χ3n) is 7.62. The molecule has 0 saturated heterocycles. The maximum atomic E-state index is 13.7. The first kappa shape index (κ1) is 32.4. The number of hydrogen-bond donors (Lipinski definition) is 0. The number of carbonyl (C=O) groups excluding carboxylic acids is 3. The predicted octanol–water partition coefficient (Wildman–Crippen LogP) is 5.33. The second kappa shape index (κ2) is 14.7. The molecule has 1 aliphatic rings. The van der Waals surface area contributed by atoms with Gasteiger partial charge < -0.3 is 19.4 Å². The van der Waals surface area contributed by atoms with E-state index in [2.05, 4.69) is 18.9 Å². The van der Waals surface area contributed by atoms with Gasteiger partial charge in [-0.25, -0.2) is 0 Å². The Morgan fingerprint density at radius 2 is 1.68 bits per heavy atom. The monoisotopic (exact) mass is 587 g/mol. The Morgan fingerprint density at radius 1 is 1.02 bits per heavy atom. The van der Waals surface area contributed by atoms with Crippen LogP contribution in [0.1, 0.15) is 92.8 Å². The van der Waals surface area contributed by atoms with E-state index >= 15 is 0 Å². The lowest BCUT2D eigenvalue weighted by Crippen LogP contribution is -2.51. The summed E-state index contributed by atoms with van der Waals surface area (Å²) >= 11 is 6.26. The van der Waals surface area contributed by atoms with Gasteiger partial charge in [0.05, 0.1) is 17.9 Å². The van der Waals surface area contributed by atoms with Crippen LogP contribution in [-0.4, -0.2) is 88.6 Å². The van der Waals surface area contributed by atoms with Crippen molar-refractivity contribution in [1.82, 2.24) is 24.5 Å². The van der Waals surface area contributed by atoms with E-state index in [0.717, 1.165) is 25.0 Å². The van der Waals surface area contributed by atoms with Crippen LogP contribution in [0.2, 0.25) is 5.02 Å². The van der Waals surface area contributed by atoms with Crippen LogP contribution in [0, 0.1) is 5.92 Å². The molecule has 9 nitrogen and oxygen atoms in total. The molecule has 0 spiro atoms. The summed E-state index contributed by atoms with van der Waals surface area (Å²) in [4.78, 5) is 46.0. The van der Waals surface area contributed by atoms with Crippen LogP contribution in [-0.2, 0) is 11.3 Å². The van der Waals surface area contributed by atoms with E-state index in [-0.39, 0.29) is 29.6 Å². The highest BCUT2D eigenvalue weighted by Crippen LogP contribution is 2.27. The normalized spacial score (nSPS) is 18.5. The largest absolute Gasteiger partial charge is 0.493 e. The molecule has 2 heterocycles. The molecular weight excluding hydrogens is 542 g/mol. The van der Waals surface area contributed by atoms with Crippen molar-refractivity contribution in [2.75, 3.05) is 40.3 Å². The molecule has 0 bridgehead atoms. The summed E-state index contributed by atoms with van der Waals surface area (Å²) in [6, 6.07) is 6.26. The molecule has 3 rings (SSSR count). The average molecular weight is 588 g/mol. The fraction of sp³-hybridized carbons (Fsp3) is 0.613. The molecule has 10 heteroatoms. The minimum absolute atomic E-state index is 0.0263. The van der Waals surface area contributed by atoms with Crippen molar-refractivity contribution in [2.24, 2.45) is 5.92 Å². The van der Waals surface area contributed by atoms with E-state index in [9.17, 15) is 14.4 Å². The molecule has 0 aliphatic carbocycles. The smallest absolute Gasteiger partial charge is 0.272 e. The molecule has 2 aromatic rings. The number of ether oxygens (including phenoxy) is 1. The lowest BCUT2D eigenvalue weighted by atomic mass is 10.00. The number of halogens is 1. The Labute approximate surface area is 249 Å². The maximum Gasteiger partial charge on any atom is 0.272 e. The number of nitrogens with zero attached hydrogens (tertiary/aromatic N) is 5. The molecule has 1 aliphatic heterocycles. The topological polar surface area (TPSA) is 88.0 Å². The zero-order chi connectivity index (χ0) is 30.3. The first-order valence-corrected chi connectivity index (χ1v) is 15.2. The van der Waals surface area contributed by atoms with Crippen molar-refractivity contribution in [1.29, 1.82) is 0 Å². The Hall–Kier alpha value is -3.07. The summed E-state index contributed by atoms with van der Waals surface area (Å²) in [5.74, 6) is 0.107. The zero-order valence-corrected chi connectivity index (χ0v) is 26.4. The van der Waals surface area contributed by atoms with Crippen molar-refractivity contribution < 1.29 is 19.1 Å². The molecule has 0 saturated carbocycles. The van der Waals surface area contributed by atoms with Gasteiger partial charge in [-0.15, -0.1) is 0 Å². The maximum absolute atomic E-state index is 13.7. The summed E-state index contributed by atoms with van der Waals surface area (Å²) < 4.78 is 7.85. The second-order valence-electron chi connectivity index (χ2n) is 11.5. The van der Waals surface area contributed by atoms with Gasteiger partial charge in [-0.1, -0.05) is 39.3 Å². The average Bonchev–Trinajstić information content (AvgIpc) is 3.38. The Balaban J connectivity index is 1.88. The quantitative estimate of drug-likeness (QED) is 0.482. The third kappa shape index (κ3) is 8.03. The van der Waals surface area contributed by atoms with Crippen molar-refractivity contribution >= 4 is 29.3 Å². The number of likely N-dealkylation sites (N-methyl/N-ethyl adjacent to an activating group) is 2. The highest BCUT2D eigenvalue weighted by Gasteiger charge is 2.33. The van der Waals surface area contributed by atoms with E-state index in [1.807, 2.05) is 31.7 Å².